The van der Waals surface area contributed by atoms with E-state index in [0.717, 1.165) is 89.1 Å². The molecule has 0 aliphatic carbocycles. The van der Waals surface area contributed by atoms with Crippen LogP contribution in [0.25, 0.3) is 146 Å². The van der Waals surface area contributed by atoms with Crippen LogP contribution in [-0.4, -0.2) is 39.0 Å². The lowest BCUT2D eigenvalue weighted by molar-refractivity contribution is 0.591. The Morgan fingerprint density at radius 2 is 0.523 bits per heavy atom. The maximum atomic E-state index is 5.39. The summed E-state index contributed by atoms with van der Waals surface area (Å²) >= 11 is 0. The number of hydrogen-bond acceptors (Lipinski definition) is 6. The average Bonchev–Trinajstić information content (AvgIpc) is 1.94. The summed E-state index contributed by atoms with van der Waals surface area (Å²) in [6.45, 7) is 13.6. The van der Waals surface area contributed by atoms with E-state index in [0.29, 0.717) is 34.9 Å². The molecule has 0 saturated heterocycles. The van der Waals surface area contributed by atoms with Crippen molar-refractivity contribution < 1.29 is 0 Å². The Morgan fingerprint density at radius 3 is 0.875 bits per heavy atom. The molecular weight excluding hydrogens is 1070 g/mol. The van der Waals surface area contributed by atoms with Crippen LogP contribution in [0, 0.1) is 0 Å². The van der Waals surface area contributed by atoms with Crippen molar-refractivity contribution in [1.82, 2.24) is 39.0 Å². The number of benzene rings is 11. The molecule has 15 aromatic rings. The maximum Gasteiger partial charge on any atom is 0.166 e. The Hall–Kier alpha value is -11.0. The second kappa shape index (κ2) is 21.5. The van der Waals surface area contributed by atoms with Crippen molar-refractivity contribution in [3.8, 4) is 102 Å². The minimum absolute atomic E-state index is 0.0391. The lowest BCUT2D eigenvalue weighted by atomic mass is 9.86. The second-order valence-electron chi connectivity index (χ2n) is 24.8. The fraction of sp³-hybridized carbons (Fsp3) is 0.100. The maximum absolute atomic E-state index is 5.39. The number of para-hydroxylation sites is 2. The molecule has 11 aromatic carbocycles. The summed E-state index contributed by atoms with van der Waals surface area (Å²) in [5.41, 5.74) is 18.2. The highest BCUT2D eigenvalue weighted by Gasteiger charge is 2.25. The molecule has 4 aromatic heterocycles. The van der Waals surface area contributed by atoms with Crippen LogP contribution in [-0.2, 0) is 10.8 Å². The quantitative estimate of drug-likeness (QED) is 0.136. The van der Waals surface area contributed by atoms with Crippen LogP contribution in [0.2, 0.25) is 0 Å². The van der Waals surface area contributed by atoms with E-state index in [1.54, 1.807) is 0 Å². The lowest BCUT2D eigenvalue weighted by Gasteiger charge is -2.20. The van der Waals surface area contributed by atoms with Crippen molar-refractivity contribution >= 4 is 43.6 Å². The Bertz CT molecular complexity index is 4710. The molecule has 0 aliphatic rings. The summed E-state index contributed by atoms with van der Waals surface area (Å²) in [4.78, 5) is 31.9. The molecule has 0 N–H and O–H groups in total. The molecule has 0 saturated carbocycles. The largest absolute Gasteiger partial charge is 0.309 e. The Morgan fingerprint density at radius 1 is 0.227 bits per heavy atom. The van der Waals surface area contributed by atoms with Gasteiger partial charge in [-0.1, -0.05) is 242 Å². The summed E-state index contributed by atoms with van der Waals surface area (Å²) in [7, 11) is 0. The van der Waals surface area contributed by atoms with Gasteiger partial charge in [0.05, 0.1) is 33.4 Å². The van der Waals surface area contributed by atoms with Crippen LogP contribution in [0.5, 0.6) is 0 Å². The van der Waals surface area contributed by atoms with Gasteiger partial charge in [-0.2, -0.15) is 0 Å². The Labute approximate surface area is 512 Å². The predicted molar refractivity (Wildman–Crippen MR) is 363 cm³/mol. The van der Waals surface area contributed by atoms with E-state index in [1.807, 2.05) is 72.8 Å². The molecule has 0 spiro atoms. The molecule has 15 rings (SSSR count). The van der Waals surface area contributed by atoms with Gasteiger partial charge in [0.15, 0.2) is 34.9 Å². The van der Waals surface area contributed by atoms with E-state index in [9.17, 15) is 0 Å². The smallest absolute Gasteiger partial charge is 0.166 e. The van der Waals surface area contributed by atoms with Gasteiger partial charge in [-0.3, -0.25) is 0 Å². The Balaban J connectivity index is 0.948. The highest BCUT2D eigenvalue weighted by atomic mass is 15.1. The molecule has 422 valence electrons. The second-order valence-corrected chi connectivity index (χ2v) is 24.8. The van der Waals surface area contributed by atoms with Gasteiger partial charge in [-0.05, 0) is 111 Å². The fourth-order valence-corrected chi connectivity index (χ4v) is 12.3. The third-order valence-corrected chi connectivity index (χ3v) is 17.0. The van der Waals surface area contributed by atoms with E-state index in [4.69, 9.17) is 29.9 Å². The molecule has 4 heterocycles. The predicted octanol–water partition coefficient (Wildman–Crippen LogP) is 20.2. The van der Waals surface area contributed by atoms with Crippen LogP contribution in [0.4, 0.5) is 0 Å². The van der Waals surface area contributed by atoms with Gasteiger partial charge in [-0.25, -0.2) is 29.9 Å². The summed E-state index contributed by atoms with van der Waals surface area (Å²) in [5, 5.41) is 4.75. The first-order chi connectivity index (χ1) is 42.9. The highest BCUT2D eigenvalue weighted by Crippen LogP contribution is 2.43. The van der Waals surface area contributed by atoms with Crippen LogP contribution in [0.1, 0.15) is 52.7 Å². The average molecular weight is 1140 g/mol. The minimum Gasteiger partial charge on any atom is -0.309 e. The number of nitrogens with zero attached hydrogens (tertiary/aromatic N) is 8. The van der Waals surface area contributed by atoms with Gasteiger partial charge in [-0.15, -0.1) is 0 Å². The van der Waals surface area contributed by atoms with Crippen molar-refractivity contribution in [2.24, 2.45) is 0 Å². The van der Waals surface area contributed by atoms with E-state index in [1.165, 1.54) is 32.7 Å². The summed E-state index contributed by atoms with van der Waals surface area (Å²) in [6.07, 6.45) is 0. The molecule has 0 amide bonds. The van der Waals surface area contributed by atoms with Gasteiger partial charge in [0.1, 0.15) is 0 Å². The molecule has 0 bridgehead atoms. The van der Waals surface area contributed by atoms with Crippen LogP contribution in [0.3, 0.4) is 0 Å². The zero-order valence-corrected chi connectivity index (χ0v) is 50.0. The van der Waals surface area contributed by atoms with Gasteiger partial charge in [0, 0.05) is 54.9 Å². The molecule has 8 nitrogen and oxygen atoms in total. The van der Waals surface area contributed by atoms with E-state index < -0.39 is 0 Å². The third-order valence-electron chi connectivity index (χ3n) is 17.0. The SMILES string of the molecule is CC(C)(C)c1ccc2c(c1)c1ccccc1n2-c1ccc(-c2cccc(-c3ccc(-n4c5ccccc5c5cc(C(C)(C)C)ccc54)c(-c4nc(-c5ccccc5)nc(-c5ccccc5)n4)c3)c2)cc1-c1nc(-c2ccccc2)nc(-c2ccccc2)n1. The first-order valence-corrected chi connectivity index (χ1v) is 30.1. The molecule has 0 unspecified atom stereocenters. The Kier molecular flexibility index (Phi) is 13.1. The number of hydrogen-bond donors (Lipinski definition) is 0. The number of fused-ring (bicyclic) bond motifs is 6. The molecule has 8 heteroatoms. The normalized spacial score (nSPS) is 12.0. The summed E-state index contributed by atoms with van der Waals surface area (Å²) in [5.74, 6) is 3.53. The van der Waals surface area contributed by atoms with E-state index in [2.05, 4.69) is 245 Å². The first kappa shape index (κ1) is 53.7. The van der Waals surface area contributed by atoms with Crippen LogP contribution >= 0.6 is 0 Å². The molecule has 0 atom stereocenters. The van der Waals surface area contributed by atoms with Gasteiger partial charge in [0.2, 0.25) is 0 Å². The topological polar surface area (TPSA) is 87.2 Å². The van der Waals surface area contributed by atoms with Gasteiger partial charge in [0.25, 0.3) is 0 Å². The van der Waals surface area contributed by atoms with Crippen molar-refractivity contribution in [3.63, 3.8) is 0 Å². The number of aromatic nitrogens is 8. The van der Waals surface area contributed by atoms with Crippen molar-refractivity contribution in [1.29, 1.82) is 0 Å². The fourth-order valence-electron chi connectivity index (χ4n) is 12.3. The van der Waals surface area contributed by atoms with Crippen LogP contribution < -0.4 is 0 Å². The molecule has 88 heavy (non-hydrogen) atoms. The van der Waals surface area contributed by atoms with Crippen LogP contribution in [0.15, 0.2) is 267 Å². The summed E-state index contributed by atoms with van der Waals surface area (Å²) in [6, 6.07) is 94.4. The monoisotopic (exact) mass is 1130 g/mol. The van der Waals surface area contributed by atoms with Crippen molar-refractivity contribution in [2.75, 3.05) is 0 Å². The molecule has 0 aliphatic heterocycles. The molecule has 0 fully saturated rings. The van der Waals surface area contributed by atoms with E-state index in [-0.39, 0.29) is 10.8 Å². The summed E-state index contributed by atoms with van der Waals surface area (Å²) < 4.78 is 4.77. The molecule has 0 radical (unpaired) electrons. The zero-order chi connectivity index (χ0) is 59.7. The zero-order valence-electron chi connectivity index (χ0n) is 50.0. The third kappa shape index (κ3) is 9.78. The first-order valence-electron chi connectivity index (χ1n) is 30.1. The minimum atomic E-state index is -0.0391. The lowest BCUT2D eigenvalue weighted by Crippen LogP contribution is -2.10. The van der Waals surface area contributed by atoms with Gasteiger partial charge >= 0.3 is 0 Å². The van der Waals surface area contributed by atoms with Gasteiger partial charge < -0.3 is 9.13 Å². The number of rotatable bonds is 10. The van der Waals surface area contributed by atoms with Crippen molar-refractivity contribution in [2.45, 2.75) is 52.4 Å². The van der Waals surface area contributed by atoms with Crippen molar-refractivity contribution in [3.05, 3.63) is 278 Å². The van der Waals surface area contributed by atoms with E-state index >= 15 is 0 Å². The standard InChI is InChI=1S/C80H62N8/c1-79(2,3)59-40-44-69-63(49-59)61-34-19-21-36-67(61)87(69)71-42-38-57(47-65(71)77-83-73(51-24-11-7-12-25-51)81-74(84-77)52-26-13-8-14-27-52)55-32-23-33-56(46-55)58-39-43-72(88-68-37-22-20-35-62(68)64-50-60(80(4,5)6)41-45-70(64)88)66(48-58)78-85-75(53-28-15-9-16-29-53)82-76(86-78)54-30-17-10-18-31-54/h7-50H,1-6H3. The molecular formula is C80H62N8. The highest BCUT2D eigenvalue weighted by molar-refractivity contribution is 6.11.